The fourth-order valence-electron chi connectivity index (χ4n) is 3.42. The second-order valence-electron chi connectivity index (χ2n) is 6.89. The minimum atomic E-state index is -0.681. The third-order valence-corrected chi connectivity index (χ3v) is 4.83. The number of hydrogen-bond donors (Lipinski definition) is 1. The first-order valence-corrected chi connectivity index (χ1v) is 8.89. The van der Waals surface area contributed by atoms with Crippen molar-refractivity contribution in [2.24, 2.45) is 0 Å². The van der Waals surface area contributed by atoms with Crippen LogP contribution in [0.25, 0.3) is 5.65 Å². The van der Waals surface area contributed by atoms with E-state index >= 15 is 0 Å². The molecule has 10 heteroatoms. The molecule has 0 unspecified atom stereocenters. The Hall–Kier alpha value is -3.43. The van der Waals surface area contributed by atoms with E-state index < -0.39 is 12.0 Å². The summed E-state index contributed by atoms with van der Waals surface area (Å²) < 4.78 is 27.0. The van der Waals surface area contributed by atoms with Crippen LogP contribution in [-0.4, -0.2) is 44.4 Å². The van der Waals surface area contributed by atoms with Crippen LogP contribution in [0.5, 0.6) is 11.6 Å². The van der Waals surface area contributed by atoms with E-state index in [2.05, 4.69) is 20.4 Å². The second kappa shape index (κ2) is 6.04. The van der Waals surface area contributed by atoms with E-state index in [-0.39, 0.29) is 17.8 Å². The molecule has 0 aromatic carbocycles. The van der Waals surface area contributed by atoms with Gasteiger partial charge in [0, 0.05) is 5.56 Å². The molecule has 0 saturated carbocycles. The lowest BCUT2D eigenvalue weighted by Gasteiger charge is -2.36. The van der Waals surface area contributed by atoms with Crippen molar-refractivity contribution in [1.82, 2.24) is 24.9 Å². The zero-order valence-corrected chi connectivity index (χ0v) is 15.2. The van der Waals surface area contributed by atoms with E-state index in [4.69, 9.17) is 9.47 Å². The van der Waals surface area contributed by atoms with Crippen LogP contribution in [0.1, 0.15) is 29.8 Å². The van der Waals surface area contributed by atoms with E-state index in [9.17, 15) is 9.18 Å². The number of fused-ring (bicyclic) bond motifs is 1. The molecule has 2 aliphatic rings. The van der Waals surface area contributed by atoms with Crippen LogP contribution < -0.4 is 19.7 Å². The summed E-state index contributed by atoms with van der Waals surface area (Å²) >= 11 is 0. The maximum absolute atomic E-state index is 13.9. The van der Waals surface area contributed by atoms with Crippen LogP contribution in [0.15, 0.2) is 24.7 Å². The average molecular weight is 384 g/mol. The van der Waals surface area contributed by atoms with Gasteiger partial charge in [-0.15, -0.1) is 0 Å². The van der Waals surface area contributed by atoms with Gasteiger partial charge in [-0.2, -0.15) is 5.10 Å². The third-order valence-electron chi connectivity index (χ3n) is 4.83. The summed E-state index contributed by atoms with van der Waals surface area (Å²) in [4.78, 5) is 23.4. The van der Waals surface area contributed by atoms with E-state index in [1.54, 1.807) is 13.1 Å². The van der Waals surface area contributed by atoms with Crippen molar-refractivity contribution in [1.29, 1.82) is 0 Å². The van der Waals surface area contributed by atoms with E-state index in [1.807, 2.05) is 11.8 Å². The Morgan fingerprint density at radius 3 is 3.04 bits per heavy atom. The summed E-state index contributed by atoms with van der Waals surface area (Å²) in [5, 5.41) is 6.95. The van der Waals surface area contributed by atoms with Gasteiger partial charge < -0.3 is 19.7 Å². The van der Waals surface area contributed by atoms with Gasteiger partial charge in [-0.25, -0.2) is 18.9 Å². The average Bonchev–Trinajstić information content (AvgIpc) is 3.07. The molecule has 1 N–H and O–H groups in total. The number of amides is 1. The number of pyridine rings is 1. The van der Waals surface area contributed by atoms with Gasteiger partial charge in [-0.1, -0.05) is 0 Å². The van der Waals surface area contributed by atoms with Crippen LogP contribution in [-0.2, 0) is 6.54 Å². The molecule has 0 spiro atoms. The number of nitrogens with one attached hydrogen (secondary N) is 1. The molecule has 0 fully saturated rings. The van der Waals surface area contributed by atoms with Crippen molar-refractivity contribution in [3.63, 3.8) is 0 Å². The van der Waals surface area contributed by atoms with Crippen molar-refractivity contribution in [2.45, 2.75) is 32.7 Å². The van der Waals surface area contributed by atoms with Gasteiger partial charge >= 0.3 is 0 Å². The van der Waals surface area contributed by atoms with Gasteiger partial charge in [-0.05, 0) is 19.9 Å². The van der Waals surface area contributed by atoms with Crippen molar-refractivity contribution in [2.75, 3.05) is 11.5 Å². The van der Waals surface area contributed by atoms with Crippen molar-refractivity contribution in [3.8, 4) is 11.6 Å². The van der Waals surface area contributed by atoms with E-state index in [0.29, 0.717) is 41.5 Å². The highest BCUT2D eigenvalue weighted by molar-refractivity contribution is 6.00. The summed E-state index contributed by atoms with van der Waals surface area (Å²) in [5.74, 6) is 0.512. The number of ether oxygens (including phenoxy) is 2. The SMILES string of the molecule is C[C@@H]1COc2cn3ncc4c3nc2N1Cc1cc(F)cnc1O[C@@H](C)NC4=O. The first-order valence-electron chi connectivity index (χ1n) is 8.89. The van der Waals surface area contributed by atoms with E-state index in [0.717, 1.165) is 6.20 Å². The van der Waals surface area contributed by atoms with Gasteiger partial charge in [0.15, 0.2) is 23.4 Å². The van der Waals surface area contributed by atoms with Crippen LogP contribution in [0.2, 0.25) is 0 Å². The summed E-state index contributed by atoms with van der Waals surface area (Å²) in [6.45, 7) is 4.42. The highest BCUT2D eigenvalue weighted by atomic mass is 19.1. The predicted molar refractivity (Wildman–Crippen MR) is 95.9 cm³/mol. The summed E-state index contributed by atoms with van der Waals surface area (Å²) in [6.07, 6.45) is 3.56. The molecule has 2 aliphatic heterocycles. The number of anilines is 1. The molecule has 144 valence electrons. The lowest BCUT2D eigenvalue weighted by molar-refractivity contribution is 0.0845. The largest absolute Gasteiger partial charge is 0.486 e. The molecule has 2 atom stereocenters. The number of carbonyl (C=O) groups excluding carboxylic acids is 1. The molecule has 9 nitrogen and oxygen atoms in total. The molecule has 0 radical (unpaired) electrons. The van der Waals surface area contributed by atoms with Crippen LogP contribution in [0, 0.1) is 5.82 Å². The molecule has 1 amide bonds. The third kappa shape index (κ3) is 2.60. The standard InChI is InChI=1S/C18H17FN6O3/c1-9-8-27-14-7-25-15-13(5-21-25)17(26)22-10(2)28-18-11(3-12(19)4-20-18)6-24(9)16(14)23-15/h3-5,7,9-10H,6,8H2,1-2H3,(H,22,26)/t9-,10+/m1/s1. The monoisotopic (exact) mass is 384 g/mol. The number of aromatic nitrogens is 4. The first kappa shape index (κ1) is 16.7. The Kier molecular flexibility index (Phi) is 3.61. The Bertz CT molecular complexity index is 1100. The fourth-order valence-corrected chi connectivity index (χ4v) is 3.42. The maximum Gasteiger partial charge on any atom is 0.259 e. The topological polar surface area (TPSA) is 93.9 Å². The normalized spacial score (nSPS) is 21.2. The second-order valence-corrected chi connectivity index (χ2v) is 6.89. The molecular formula is C18H17FN6O3. The van der Waals surface area contributed by atoms with Gasteiger partial charge in [0.25, 0.3) is 5.91 Å². The van der Waals surface area contributed by atoms with Crippen LogP contribution in [0.4, 0.5) is 10.2 Å². The Labute approximate surface area is 159 Å². The summed E-state index contributed by atoms with van der Waals surface area (Å²) in [5.41, 5.74) is 1.28. The van der Waals surface area contributed by atoms with Crippen LogP contribution >= 0.6 is 0 Å². The minimum Gasteiger partial charge on any atom is -0.486 e. The van der Waals surface area contributed by atoms with Gasteiger partial charge in [-0.3, -0.25) is 4.79 Å². The molecule has 3 aromatic heterocycles. The van der Waals surface area contributed by atoms with Crippen LogP contribution in [0.3, 0.4) is 0 Å². The minimum absolute atomic E-state index is 0.0286. The molecule has 3 aromatic rings. The number of carbonyl (C=O) groups is 1. The summed E-state index contributed by atoms with van der Waals surface area (Å²) in [7, 11) is 0. The van der Waals surface area contributed by atoms with E-state index in [1.165, 1.54) is 16.8 Å². The quantitative estimate of drug-likeness (QED) is 0.628. The Morgan fingerprint density at radius 2 is 2.18 bits per heavy atom. The van der Waals surface area contributed by atoms with Crippen molar-refractivity contribution < 1.29 is 18.7 Å². The molecular weight excluding hydrogens is 367 g/mol. The summed E-state index contributed by atoms with van der Waals surface area (Å²) in [6, 6.07) is 1.35. The first-order chi connectivity index (χ1) is 13.5. The van der Waals surface area contributed by atoms with Gasteiger partial charge in [0.1, 0.15) is 18.0 Å². The highest BCUT2D eigenvalue weighted by Crippen LogP contribution is 2.35. The smallest absolute Gasteiger partial charge is 0.259 e. The van der Waals surface area contributed by atoms with Crippen molar-refractivity contribution >= 4 is 17.4 Å². The fraction of sp³-hybridized carbons (Fsp3) is 0.333. The molecule has 5 heterocycles. The zero-order valence-electron chi connectivity index (χ0n) is 15.2. The Balaban J connectivity index is 1.73. The van der Waals surface area contributed by atoms with Gasteiger partial charge in [0.2, 0.25) is 5.88 Å². The molecule has 2 bridgehead atoms. The molecule has 0 saturated heterocycles. The number of rotatable bonds is 0. The Morgan fingerprint density at radius 1 is 1.32 bits per heavy atom. The van der Waals surface area contributed by atoms with Gasteiger partial charge in [0.05, 0.1) is 31.2 Å². The van der Waals surface area contributed by atoms with Crippen molar-refractivity contribution in [3.05, 3.63) is 41.6 Å². The molecule has 5 rings (SSSR count). The molecule has 28 heavy (non-hydrogen) atoms. The number of halogens is 1. The number of hydrogen-bond acceptors (Lipinski definition) is 7. The maximum atomic E-state index is 13.9. The lowest BCUT2D eigenvalue weighted by atomic mass is 10.1. The molecule has 0 aliphatic carbocycles. The number of nitrogens with zero attached hydrogens (tertiary/aromatic N) is 5. The zero-order chi connectivity index (χ0) is 19.4. The lowest BCUT2D eigenvalue weighted by Crippen LogP contribution is -2.42. The highest BCUT2D eigenvalue weighted by Gasteiger charge is 2.30. The predicted octanol–water partition coefficient (Wildman–Crippen LogP) is 1.52.